The second kappa shape index (κ2) is 13.4. The molecular formula is C23H39IN4O3. The lowest BCUT2D eigenvalue weighted by Crippen LogP contribution is -2.52. The molecule has 0 aliphatic carbocycles. The monoisotopic (exact) mass is 546 g/mol. The maximum absolute atomic E-state index is 6.22. The molecular weight excluding hydrogens is 507 g/mol. The van der Waals surface area contributed by atoms with Crippen LogP contribution in [0.5, 0.6) is 5.75 Å². The van der Waals surface area contributed by atoms with Crippen LogP contribution in [0, 0.1) is 12.8 Å². The molecule has 0 saturated carbocycles. The van der Waals surface area contributed by atoms with E-state index in [1.165, 1.54) is 5.56 Å². The molecule has 2 aliphatic heterocycles. The van der Waals surface area contributed by atoms with E-state index in [2.05, 4.69) is 59.5 Å². The van der Waals surface area contributed by atoms with Crippen molar-refractivity contribution in [1.82, 2.24) is 15.5 Å². The molecule has 3 rings (SSSR count). The number of guanidine groups is 1. The summed E-state index contributed by atoms with van der Waals surface area (Å²) in [5.74, 6) is 2.30. The highest BCUT2D eigenvalue weighted by molar-refractivity contribution is 14.0. The Morgan fingerprint density at radius 3 is 2.61 bits per heavy atom. The van der Waals surface area contributed by atoms with E-state index in [1.807, 2.05) is 7.05 Å². The molecule has 8 heteroatoms. The normalized spacial score (nSPS) is 20.9. The van der Waals surface area contributed by atoms with Crippen molar-refractivity contribution in [3.63, 3.8) is 0 Å². The van der Waals surface area contributed by atoms with Crippen LogP contribution in [0.2, 0.25) is 0 Å². The summed E-state index contributed by atoms with van der Waals surface area (Å²) < 4.78 is 17.2. The molecule has 2 heterocycles. The van der Waals surface area contributed by atoms with E-state index >= 15 is 0 Å². The van der Waals surface area contributed by atoms with Gasteiger partial charge in [0.25, 0.3) is 0 Å². The molecule has 176 valence electrons. The molecule has 0 radical (unpaired) electrons. The molecule has 0 amide bonds. The molecule has 0 bridgehead atoms. The fourth-order valence-electron chi connectivity index (χ4n) is 4.00. The molecule has 0 aromatic heterocycles. The number of hydrogen-bond acceptors (Lipinski definition) is 5. The summed E-state index contributed by atoms with van der Waals surface area (Å²) in [6.45, 7) is 13.2. The van der Waals surface area contributed by atoms with Crippen LogP contribution in [0.4, 0.5) is 0 Å². The quantitative estimate of drug-likeness (QED) is 0.297. The lowest BCUT2D eigenvalue weighted by atomic mass is 10.0. The minimum absolute atomic E-state index is 0. The maximum atomic E-state index is 6.22. The van der Waals surface area contributed by atoms with Crippen molar-refractivity contribution >= 4 is 29.9 Å². The number of aryl methyl sites for hydroxylation is 1. The molecule has 2 fully saturated rings. The number of ether oxygens (including phenoxy) is 3. The second-order valence-electron chi connectivity index (χ2n) is 8.48. The summed E-state index contributed by atoms with van der Waals surface area (Å²) >= 11 is 0. The van der Waals surface area contributed by atoms with Crippen LogP contribution in [-0.2, 0) is 16.0 Å². The predicted molar refractivity (Wildman–Crippen MR) is 136 cm³/mol. The van der Waals surface area contributed by atoms with Crippen molar-refractivity contribution in [2.75, 3.05) is 53.1 Å². The van der Waals surface area contributed by atoms with Crippen molar-refractivity contribution < 1.29 is 14.2 Å². The minimum Gasteiger partial charge on any atom is -0.488 e. The topological polar surface area (TPSA) is 67.4 Å². The molecule has 2 unspecified atom stereocenters. The smallest absolute Gasteiger partial charge is 0.191 e. The number of aliphatic imine (C=N–C) groups is 1. The largest absolute Gasteiger partial charge is 0.488 e. The van der Waals surface area contributed by atoms with E-state index < -0.39 is 0 Å². The van der Waals surface area contributed by atoms with Crippen LogP contribution in [0.1, 0.15) is 31.4 Å². The Kier molecular flexibility index (Phi) is 11.3. The van der Waals surface area contributed by atoms with Crippen molar-refractivity contribution in [2.45, 2.75) is 45.9 Å². The average molecular weight is 546 g/mol. The first kappa shape index (κ1) is 26.2. The van der Waals surface area contributed by atoms with Gasteiger partial charge in [-0.15, -0.1) is 24.0 Å². The van der Waals surface area contributed by atoms with Crippen molar-refractivity contribution in [2.24, 2.45) is 10.9 Å². The number of halogens is 1. The molecule has 2 atom stereocenters. The highest BCUT2D eigenvalue weighted by Gasteiger charge is 2.24. The van der Waals surface area contributed by atoms with Gasteiger partial charge in [0.1, 0.15) is 11.9 Å². The van der Waals surface area contributed by atoms with Gasteiger partial charge in [0.05, 0.1) is 26.4 Å². The van der Waals surface area contributed by atoms with Crippen molar-refractivity contribution in [3.05, 3.63) is 29.3 Å². The molecule has 31 heavy (non-hydrogen) atoms. The van der Waals surface area contributed by atoms with Crippen LogP contribution in [0.15, 0.2) is 23.2 Å². The summed E-state index contributed by atoms with van der Waals surface area (Å²) in [7, 11) is 1.82. The van der Waals surface area contributed by atoms with E-state index in [9.17, 15) is 0 Å². The minimum atomic E-state index is 0. The lowest BCUT2D eigenvalue weighted by molar-refractivity contribution is 0.00752. The Bertz CT molecular complexity index is 689. The molecule has 7 nitrogen and oxygen atoms in total. The van der Waals surface area contributed by atoms with Crippen LogP contribution >= 0.6 is 24.0 Å². The third-order valence-electron chi connectivity index (χ3n) is 5.84. The zero-order chi connectivity index (χ0) is 21.3. The summed E-state index contributed by atoms with van der Waals surface area (Å²) in [6.07, 6.45) is 1.09. The summed E-state index contributed by atoms with van der Waals surface area (Å²) in [5, 5.41) is 6.97. The summed E-state index contributed by atoms with van der Waals surface area (Å²) in [6, 6.07) is 6.82. The number of rotatable bonds is 8. The van der Waals surface area contributed by atoms with Crippen LogP contribution < -0.4 is 15.4 Å². The van der Waals surface area contributed by atoms with Gasteiger partial charge in [-0.3, -0.25) is 9.89 Å². The number of morpholine rings is 1. The molecule has 2 N–H and O–H groups in total. The Labute approximate surface area is 204 Å². The standard InChI is InChI=1S/C23H38N4O3.HI/c1-17(2)21(27-8-11-28-12-9-27)15-26-23(24-4)25-14-19-6-5-18(3)13-22(19)30-20-7-10-29-16-20;/h5-6,13,17,20-21H,7-12,14-16H2,1-4H3,(H2,24,25,26);1H. The molecule has 1 aromatic rings. The third kappa shape index (κ3) is 8.07. The van der Waals surface area contributed by atoms with Gasteiger partial charge in [-0.25, -0.2) is 0 Å². The second-order valence-corrected chi connectivity index (χ2v) is 8.48. The van der Waals surface area contributed by atoms with Gasteiger partial charge in [0.2, 0.25) is 0 Å². The van der Waals surface area contributed by atoms with E-state index in [0.29, 0.717) is 25.1 Å². The third-order valence-corrected chi connectivity index (χ3v) is 5.84. The van der Waals surface area contributed by atoms with Gasteiger partial charge in [-0.2, -0.15) is 0 Å². The van der Waals surface area contributed by atoms with Gasteiger partial charge < -0.3 is 24.8 Å². The molecule has 0 spiro atoms. The van der Waals surface area contributed by atoms with Crippen molar-refractivity contribution in [1.29, 1.82) is 0 Å². The molecule has 2 aliphatic rings. The zero-order valence-electron chi connectivity index (χ0n) is 19.4. The lowest BCUT2D eigenvalue weighted by Gasteiger charge is -2.37. The summed E-state index contributed by atoms with van der Waals surface area (Å²) in [5.41, 5.74) is 2.32. The van der Waals surface area contributed by atoms with E-state index in [4.69, 9.17) is 14.2 Å². The van der Waals surface area contributed by atoms with E-state index in [1.54, 1.807) is 0 Å². The first-order valence-corrected chi connectivity index (χ1v) is 11.2. The molecule has 1 aromatic carbocycles. The Morgan fingerprint density at radius 2 is 1.97 bits per heavy atom. The Balaban J connectivity index is 0.00000341. The first-order chi connectivity index (χ1) is 14.6. The van der Waals surface area contributed by atoms with Crippen LogP contribution in [0.3, 0.4) is 0 Å². The first-order valence-electron chi connectivity index (χ1n) is 11.2. The highest BCUT2D eigenvalue weighted by Crippen LogP contribution is 2.23. The van der Waals surface area contributed by atoms with E-state index in [-0.39, 0.29) is 30.1 Å². The number of nitrogens with one attached hydrogen (secondary N) is 2. The zero-order valence-corrected chi connectivity index (χ0v) is 21.7. The molecule has 2 saturated heterocycles. The fourth-order valence-corrected chi connectivity index (χ4v) is 4.00. The Hall–Kier alpha value is -1.10. The van der Waals surface area contributed by atoms with Crippen LogP contribution in [-0.4, -0.2) is 76.1 Å². The van der Waals surface area contributed by atoms with Gasteiger partial charge in [0.15, 0.2) is 5.96 Å². The maximum Gasteiger partial charge on any atom is 0.191 e. The SMILES string of the molecule is CN=C(NCc1ccc(C)cc1OC1CCOC1)NCC(C(C)C)N1CCOCC1.I. The van der Waals surface area contributed by atoms with Gasteiger partial charge in [-0.1, -0.05) is 26.0 Å². The number of nitrogens with zero attached hydrogens (tertiary/aromatic N) is 2. The summed E-state index contributed by atoms with van der Waals surface area (Å²) in [4.78, 5) is 6.94. The van der Waals surface area contributed by atoms with Crippen LogP contribution in [0.25, 0.3) is 0 Å². The Morgan fingerprint density at radius 1 is 1.19 bits per heavy atom. The van der Waals surface area contributed by atoms with Gasteiger partial charge in [0, 0.05) is 51.3 Å². The predicted octanol–water partition coefficient (Wildman–Crippen LogP) is 2.80. The number of benzene rings is 1. The van der Waals surface area contributed by atoms with E-state index in [0.717, 1.165) is 63.1 Å². The highest BCUT2D eigenvalue weighted by atomic mass is 127. The van der Waals surface area contributed by atoms with Crippen molar-refractivity contribution in [3.8, 4) is 5.75 Å². The van der Waals surface area contributed by atoms with Gasteiger partial charge in [-0.05, 0) is 24.5 Å². The van der Waals surface area contributed by atoms with Gasteiger partial charge >= 0.3 is 0 Å². The fraction of sp³-hybridized carbons (Fsp3) is 0.696. The average Bonchev–Trinajstić information content (AvgIpc) is 3.25. The number of hydrogen-bond donors (Lipinski definition) is 2.